The summed E-state index contributed by atoms with van der Waals surface area (Å²) >= 11 is 7.96. The van der Waals surface area contributed by atoms with Crippen molar-refractivity contribution in [1.29, 1.82) is 0 Å². The molecule has 0 saturated carbocycles. The zero-order valence-electron chi connectivity index (χ0n) is 15.5. The maximum atomic E-state index is 11.8. The van der Waals surface area contributed by atoms with Crippen molar-refractivity contribution in [2.24, 2.45) is 0 Å². The fraction of sp³-hybridized carbons (Fsp3) is 0.316. The number of carbonyl (C=O) groups is 1. The van der Waals surface area contributed by atoms with Gasteiger partial charge in [0.15, 0.2) is 9.84 Å². The van der Waals surface area contributed by atoms with Crippen LogP contribution in [0.25, 0.3) is 21.9 Å². The normalized spacial score (nSPS) is 19.1. The van der Waals surface area contributed by atoms with Crippen LogP contribution in [0.3, 0.4) is 0 Å². The first kappa shape index (κ1) is 20.1. The Labute approximate surface area is 176 Å². The average molecular weight is 452 g/mol. The number of halogens is 1. The van der Waals surface area contributed by atoms with Gasteiger partial charge in [0.2, 0.25) is 0 Å². The Morgan fingerprint density at radius 2 is 2.17 bits per heavy atom. The lowest BCUT2D eigenvalue weighted by Crippen LogP contribution is -2.12. The molecule has 152 valence electrons. The first-order valence-corrected chi connectivity index (χ1v) is 12.0. The maximum absolute atomic E-state index is 11.8. The number of hydrogen-bond donors (Lipinski definition) is 1. The molecule has 2 aromatic heterocycles. The molecule has 7 nitrogen and oxygen atoms in total. The zero-order chi connectivity index (χ0) is 20.8. The van der Waals surface area contributed by atoms with Gasteiger partial charge in [0.05, 0.1) is 39.9 Å². The van der Waals surface area contributed by atoms with E-state index in [1.165, 1.54) is 11.3 Å². The molecule has 1 atom stereocenters. The van der Waals surface area contributed by atoms with Crippen LogP contribution in [0, 0.1) is 6.92 Å². The highest BCUT2D eigenvalue weighted by molar-refractivity contribution is 7.91. The molecule has 4 rings (SSSR count). The third kappa shape index (κ3) is 4.08. The predicted molar refractivity (Wildman–Crippen MR) is 114 cm³/mol. The summed E-state index contributed by atoms with van der Waals surface area (Å²) in [7, 11) is -3.08. The molecular weight excluding hydrogens is 434 g/mol. The van der Waals surface area contributed by atoms with E-state index in [1.807, 2.05) is 24.3 Å². The predicted octanol–water partition coefficient (Wildman–Crippen LogP) is 3.83. The number of carboxylic acid groups (broad SMARTS) is 1. The SMILES string of the molecule is Cc1nn(C2CCS(=O)(=O)C2)c(Cl)c1/C=C(/CC(=O)O)c1nc2ccccc2s1. The van der Waals surface area contributed by atoms with E-state index < -0.39 is 15.8 Å². The van der Waals surface area contributed by atoms with Gasteiger partial charge in [0, 0.05) is 5.56 Å². The monoisotopic (exact) mass is 451 g/mol. The molecule has 1 unspecified atom stereocenters. The number of para-hydroxylation sites is 1. The van der Waals surface area contributed by atoms with Gasteiger partial charge in [-0.25, -0.2) is 18.1 Å². The minimum Gasteiger partial charge on any atom is -0.481 e. The first-order chi connectivity index (χ1) is 13.7. The lowest BCUT2D eigenvalue weighted by atomic mass is 10.1. The number of thiazole rings is 1. The van der Waals surface area contributed by atoms with Crippen LogP contribution in [-0.4, -0.2) is 45.8 Å². The van der Waals surface area contributed by atoms with Gasteiger partial charge in [-0.3, -0.25) is 4.79 Å². The van der Waals surface area contributed by atoms with Crippen LogP contribution in [0.1, 0.15) is 35.1 Å². The quantitative estimate of drug-likeness (QED) is 0.632. The van der Waals surface area contributed by atoms with E-state index in [0.717, 1.165) is 10.2 Å². The summed E-state index contributed by atoms with van der Waals surface area (Å²) in [5.41, 5.74) is 2.54. The molecule has 3 aromatic rings. The summed E-state index contributed by atoms with van der Waals surface area (Å²) in [5, 5.41) is 14.8. The summed E-state index contributed by atoms with van der Waals surface area (Å²) in [6.45, 7) is 1.77. The van der Waals surface area contributed by atoms with Gasteiger partial charge in [0.1, 0.15) is 10.2 Å². The van der Waals surface area contributed by atoms with Crippen molar-refractivity contribution in [3.05, 3.63) is 45.7 Å². The highest BCUT2D eigenvalue weighted by atomic mass is 35.5. The van der Waals surface area contributed by atoms with E-state index in [2.05, 4.69) is 10.1 Å². The summed E-state index contributed by atoms with van der Waals surface area (Å²) < 4.78 is 26.1. The lowest BCUT2D eigenvalue weighted by Gasteiger charge is -2.09. The van der Waals surface area contributed by atoms with E-state index in [9.17, 15) is 18.3 Å². The number of fused-ring (bicyclic) bond motifs is 1. The highest BCUT2D eigenvalue weighted by Crippen LogP contribution is 2.34. The number of hydrogen-bond acceptors (Lipinski definition) is 6. The van der Waals surface area contributed by atoms with Gasteiger partial charge in [0.25, 0.3) is 0 Å². The standard InChI is InChI=1S/C19H18ClN3O4S2/c1-11-14(18(20)23(22-11)13-6-7-29(26,27)10-13)8-12(9-17(24)25)19-21-15-4-2-3-5-16(15)28-19/h2-5,8,13H,6-7,9-10H2,1H3,(H,24,25)/b12-8-. The first-order valence-electron chi connectivity index (χ1n) is 8.97. The molecule has 1 aromatic carbocycles. The molecule has 1 saturated heterocycles. The van der Waals surface area contributed by atoms with E-state index in [0.29, 0.717) is 33.4 Å². The fourth-order valence-corrected chi connectivity index (χ4v) is 6.48. The van der Waals surface area contributed by atoms with Crippen molar-refractivity contribution in [3.63, 3.8) is 0 Å². The minimum atomic E-state index is -3.08. The Morgan fingerprint density at radius 1 is 1.41 bits per heavy atom. The number of sulfone groups is 1. The van der Waals surface area contributed by atoms with Gasteiger partial charge in [-0.2, -0.15) is 5.10 Å². The highest BCUT2D eigenvalue weighted by Gasteiger charge is 2.32. The Bertz CT molecular complexity index is 1210. The third-order valence-electron chi connectivity index (χ3n) is 4.85. The van der Waals surface area contributed by atoms with Crippen LogP contribution in [0.5, 0.6) is 0 Å². The number of carboxylic acids is 1. The Hall–Kier alpha value is -2.23. The lowest BCUT2D eigenvalue weighted by molar-refractivity contribution is -0.135. The topological polar surface area (TPSA) is 102 Å². The van der Waals surface area contributed by atoms with Crippen molar-refractivity contribution < 1.29 is 18.3 Å². The molecule has 3 heterocycles. The van der Waals surface area contributed by atoms with Crippen molar-refractivity contribution in [2.75, 3.05) is 11.5 Å². The zero-order valence-corrected chi connectivity index (χ0v) is 17.9. The Morgan fingerprint density at radius 3 is 2.83 bits per heavy atom. The molecule has 0 amide bonds. The molecule has 29 heavy (non-hydrogen) atoms. The summed E-state index contributed by atoms with van der Waals surface area (Å²) in [6, 6.07) is 7.30. The van der Waals surface area contributed by atoms with Gasteiger partial charge in [-0.1, -0.05) is 23.7 Å². The third-order valence-corrected chi connectivity index (χ3v) is 8.09. The van der Waals surface area contributed by atoms with Crippen molar-refractivity contribution in [3.8, 4) is 0 Å². The van der Waals surface area contributed by atoms with Crippen LogP contribution in [0.2, 0.25) is 5.15 Å². The molecule has 1 aliphatic heterocycles. The van der Waals surface area contributed by atoms with Crippen molar-refractivity contribution in [2.45, 2.75) is 25.8 Å². The van der Waals surface area contributed by atoms with Gasteiger partial charge >= 0.3 is 5.97 Å². The van der Waals surface area contributed by atoms with E-state index in [1.54, 1.807) is 17.7 Å². The summed E-state index contributed by atoms with van der Waals surface area (Å²) in [5.74, 6) is -0.844. The second kappa shape index (κ2) is 7.55. The van der Waals surface area contributed by atoms with Crippen LogP contribution < -0.4 is 0 Å². The summed E-state index contributed by atoms with van der Waals surface area (Å²) in [4.78, 5) is 16.0. The molecule has 10 heteroatoms. The second-order valence-corrected chi connectivity index (χ2v) is 10.6. The van der Waals surface area contributed by atoms with Crippen LogP contribution in [0.15, 0.2) is 24.3 Å². The van der Waals surface area contributed by atoms with Gasteiger partial charge in [-0.15, -0.1) is 11.3 Å². The minimum absolute atomic E-state index is 0.0108. The Kier molecular flexibility index (Phi) is 5.22. The second-order valence-electron chi connectivity index (χ2n) is 7.02. The van der Waals surface area contributed by atoms with Gasteiger partial charge in [-0.05, 0) is 37.1 Å². The number of benzene rings is 1. The van der Waals surface area contributed by atoms with E-state index >= 15 is 0 Å². The molecular formula is C19H18ClN3O4S2. The van der Waals surface area contributed by atoms with Crippen LogP contribution in [0.4, 0.5) is 0 Å². The number of aromatic nitrogens is 3. The maximum Gasteiger partial charge on any atom is 0.307 e. The molecule has 0 radical (unpaired) electrons. The fourth-order valence-electron chi connectivity index (χ4n) is 3.44. The number of rotatable bonds is 5. The molecule has 1 N–H and O–H groups in total. The number of nitrogens with zero attached hydrogens (tertiary/aromatic N) is 3. The van der Waals surface area contributed by atoms with Crippen LogP contribution in [-0.2, 0) is 14.6 Å². The molecule has 0 bridgehead atoms. The molecule has 1 fully saturated rings. The Balaban J connectivity index is 1.77. The van der Waals surface area contributed by atoms with Gasteiger partial charge < -0.3 is 5.11 Å². The largest absolute Gasteiger partial charge is 0.481 e. The van der Waals surface area contributed by atoms with E-state index in [4.69, 9.17) is 11.6 Å². The number of aryl methyl sites for hydroxylation is 1. The van der Waals surface area contributed by atoms with Crippen molar-refractivity contribution in [1.82, 2.24) is 14.8 Å². The smallest absolute Gasteiger partial charge is 0.307 e. The van der Waals surface area contributed by atoms with E-state index in [-0.39, 0.29) is 24.0 Å². The molecule has 0 aliphatic carbocycles. The van der Waals surface area contributed by atoms with Crippen LogP contribution >= 0.6 is 22.9 Å². The van der Waals surface area contributed by atoms with Crippen molar-refractivity contribution >= 4 is 60.6 Å². The molecule has 1 aliphatic rings. The summed E-state index contributed by atoms with van der Waals surface area (Å²) in [6.07, 6.45) is 1.96. The molecule has 0 spiro atoms. The number of aliphatic carboxylic acids is 1. The average Bonchev–Trinajstić information content (AvgIpc) is 3.31.